The number of likely N-dealkylation sites (tertiary alicyclic amines) is 1. The number of carbonyl (C=O) groups excluding carboxylic acids is 4. The van der Waals surface area contributed by atoms with E-state index in [-0.39, 0.29) is 36.3 Å². The maximum Gasteiger partial charge on any atom is 0.514 e. The van der Waals surface area contributed by atoms with Crippen molar-refractivity contribution < 1.29 is 52.7 Å². The molecule has 49 heavy (non-hydrogen) atoms. The van der Waals surface area contributed by atoms with E-state index in [9.17, 15) is 24.3 Å². The highest BCUT2D eigenvalue weighted by Gasteiger charge is 2.72. The minimum absolute atomic E-state index is 0.0178. The predicted octanol–water partition coefficient (Wildman–Crippen LogP) is 4.69. The fourth-order valence-electron chi connectivity index (χ4n) is 7.51. The summed E-state index contributed by atoms with van der Waals surface area (Å²) in [6, 6.07) is 2.23. The van der Waals surface area contributed by atoms with Crippen molar-refractivity contribution in [2.75, 3.05) is 13.6 Å². The van der Waals surface area contributed by atoms with Gasteiger partial charge in [0.1, 0.15) is 23.0 Å². The average molecular weight is 687 g/mol. The number of nitrogens with zero attached hydrogens (tertiary/aromatic N) is 1. The van der Waals surface area contributed by atoms with Crippen LogP contribution < -0.4 is 14.8 Å². The van der Waals surface area contributed by atoms with Crippen molar-refractivity contribution in [3.8, 4) is 11.5 Å². The number of esters is 2. The number of rotatable bonds is 8. The fourth-order valence-corrected chi connectivity index (χ4v) is 7.51. The molecule has 2 bridgehead atoms. The molecule has 1 spiro atoms. The molecular formula is C36H50N2O11. The normalized spacial score (nSPS) is 26.7. The first-order valence-electron chi connectivity index (χ1n) is 16.9. The van der Waals surface area contributed by atoms with Gasteiger partial charge in [0.05, 0.1) is 11.0 Å². The number of ether oxygens (including phenoxy) is 6. The highest BCUT2D eigenvalue weighted by molar-refractivity contribution is 5.85. The van der Waals surface area contributed by atoms with Crippen molar-refractivity contribution in [3.63, 3.8) is 0 Å². The molecule has 0 radical (unpaired) electrons. The summed E-state index contributed by atoms with van der Waals surface area (Å²) >= 11 is 0. The van der Waals surface area contributed by atoms with E-state index >= 15 is 0 Å². The van der Waals surface area contributed by atoms with Crippen molar-refractivity contribution in [3.05, 3.63) is 35.1 Å². The van der Waals surface area contributed by atoms with Crippen molar-refractivity contribution >= 4 is 24.2 Å². The Bertz CT molecular complexity index is 1540. The average Bonchev–Trinajstić information content (AvgIpc) is 3.31. The Balaban J connectivity index is 1.39. The van der Waals surface area contributed by atoms with Crippen LogP contribution in [0, 0.1) is 5.92 Å². The maximum atomic E-state index is 13.5. The van der Waals surface area contributed by atoms with Crippen LogP contribution in [0.2, 0.25) is 0 Å². The summed E-state index contributed by atoms with van der Waals surface area (Å²) in [5, 5.41) is 15.1. The molecule has 1 aromatic carbocycles. The fraction of sp³-hybridized carbons (Fsp3) is 0.667. The molecule has 13 nitrogen and oxygen atoms in total. The quantitative estimate of drug-likeness (QED) is 0.221. The molecule has 0 aromatic heterocycles. The molecule has 2 heterocycles. The van der Waals surface area contributed by atoms with Gasteiger partial charge in [0, 0.05) is 18.0 Å². The van der Waals surface area contributed by atoms with Crippen LogP contribution in [0.5, 0.6) is 11.5 Å². The minimum Gasteiger partial charge on any atom is -0.477 e. The number of nitrogens with one attached hydrogen (secondary N) is 1. The second-order valence-corrected chi connectivity index (χ2v) is 16.0. The largest absolute Gasteiger partial charge is 0.514 e. The Morgan fingerprint density at radius 1 is 1.02 bits per heavy atom. The monoisotopic (exact) mass is 686 g/mol. The van der Waals surface area contributed by atoms with E-state index in [4.69, 9.17) is 28.4 Å². The number of hydrogen-bond donors (Lipinski definition) is 2. The van der Waals surface area contributed by atoms with Gasteiger partial charge in [-0.25, -0.2) is 19.2 Å². The molecule has 6 atom stereocenters. The maximum absolute atomic E-state index is 13.5. The first-order chi connectivity index (χ1) is 22.6. The summed E-state index contributed by atoms with van der Waals surface area (Å²) in [7, 11) is 1.98. The summed E-state index contributed by atoms with van der Waals surface area (Å²) in [4.78, 5) is 54.0. The highest BCUT2D eigenvalue weighted by atomic mass is 16.7. The van der Waals surface area contributed by atoms with Gasteiger partial charge in [0.25, 0.3) is 0 Å². The molecule has 270 valence electrons. The lowest BCUT2D eigenvalue weighted by molar-refractivity contribution is -0.176. The number of hydrogen-bond acceptors (Lipinski definition) is 12. The third-order valence-corrected chi connectivity index (χ3v) is 9.45. The molecule has 4 aliphatic rings. The number of benzene rings is 1. The van der Waals surface area contributed by atoms with Crippen LogP contribution in [0.4, 0.5) is 9.59 Å². The SMILES string of the molecule is CC(C)C[C@H](NC(=O)OC(C)(C)C)C(=O)O[C@@H](C)C(=O)OC1=CC[C@@]2(O)[C@H]3Cc4ccc(OC(=O)OC(C)(C)C)c5c4[C@@]2(CCN3C)[C@H]1O5. The van der Waals surface area contributed by atoms with Gasteiger partial charge in [-0.15, -0.1) is 0 Å². The number of amides is 1. The van der Waals surface area contributed by atoms with Crippen LogP contribution in [-0.2, 0) is 40.4 Å². The van der Waals surface area contributed by atoms with Crippen molar-refractivity contribution in [2.45, 2.75) is 135 Å². The second-order valence-electron chi connectivity index (χ2n) is 16.0. The zero-order valence-corrected chi connectivity index (χ0v) is 30.1. The number of piperidine rings is 1. The highest BCUT2D eigenvalue weighted by Crippen LogP contribution is 2.65. The van der Waals surface area contributed by atoms with Crippen LogP contribution >= 0.6 is 0 Å². The smallest absolute Gasteiger partial charge is 0.477 e. The van der Waals surface area contributed by atoms with E-state index in [1.807, 2.05) is 27.0 Å². The Morgan fingerprint density at radius 3 is 2.33 bits per heavy atom. The van der Waals surface area contributed by atoms with Gasteiger partial charge in [-0.3, -0.25) is 0 Å². The molecule has 1 aromatic rings. The van der Waals surface area contributed by atoms with Gasteiger partial charge in [0.2, 0.25) is 0 Å². The van der Waals surface area contributed by atoms with Crippen molar-refractivity contribution in [1.29, 1.82) is 0 Å². The third-order valence-electron chi connectivity index (χ3n) is 9.45. The zero-order valence-electron chi connectivity index (χ0n) is 30.1. The number of carbonyl (C=O) groups is 4. The summed E-state index contributed by atoms with van der Waals surface area (Å²) in [5.41, 5.74) is -2.17. The number of aliphatic hydroxyl groups is 1. The van der Waals surface area contributed by atoms with Gasteiger partial charge < -0.3 is 43.7 Å². The molecule has 1 amide bonds. The van der Waals surface area contributed by atoms with E-state index in [1.165, 1.54) is 6.92 Å². The molecule has 13 heteroatoms. The molecule has 0 unspecified atom stereocenters. The lowest BCUT2D eigenvalue weighted by atomic mass is 9.50. The van der Waals surface area contributed by atoms with Crippen LogP contribution in [-0.4, -0.2) is 88.9 Å². The van der Waals surface area contributed by atoms with Crippen LogP contribution in [0.1, 0.15) is 92.7 Å². The predicted molar refractivity (Wildman–Crippen MR) is 176 cm³/mol. The van der Waals surface area contributed by atoms with Gasteiger partial charge >= 0.3 is 24.2 Å². The molecule has 1 saturated heterocycles. The van der Waals surface area contributed by atoms with Gasteiger partial charge in [-0.1, -0.05) is 19.9 Å². The Labute approximate surface area is 287 Å². The Kier molecular flexibility index (Phi) is 9.52. The van der Waals surface area contributed by atoms with Gasteiger partial charge in [-0.2, -0.15) is 0 Å². The first kappa shape index (κ1) is 36.4. The summed E-state index contributed by atoms with van der Waals surface area (Å²) in [6.07, 6.45) is -0.857. The zero-order chi connectivity index (χ0) is 36.3. The van der Waals surface area contributed by atoms with Crippen LogP contribution in [0.3, 0.4) is 0 Å². The van der Waals surface area contributed by atoms with E-state index in [2.05, 4.69) is 10.2 Å². The summed E-state index contributed by atoms with van der Waals surface area (Å²) in [6.45, 7) is 16.1. The Hall–Kier alpha value is -3.84. The molecular weight excluding hydrogens is 636 g/mol. The second kappa shape index (κ2) is 12.8. The third kappa shape index (κ3) is 6.96. The van der Waals surface area contributed by atoms with E-state index in [0.29, 0.717) is 25.1 Å². The molecule has 2 N–H and O–H groups in total. The molecule has 2 aliphatic heterocycles. The molecule has 5 rings (SSSR count). The lowest BCUT2D eigenvalue weighted by Gasteiger charge is -2.61. The molecule has 1 fully saturated rings. The Morgan fingerprint density at radius 2 is 1.69 bits per heavy atom. The van der Waals surface area contributed by atoms with Crippen molar-refractivity contribution in [1.82, 2.24) is 10.2 Å². The summed E-state index contributed by atoms with van der Waals surface area (Å²) < 4.78 is 34.3. The van der Waals surface area contributed by atoms with Crippen LogP contribution in [0.25, 0.3) is 0 Å². The van der Waals surface area contributed by atoms with Crippen molar-refractivity contribution in [2.24, 2.45) is 5.92 Å². The van der Waals surface area contributed by atoms with E-state index < -0.39 is 64.7 Å². The standard InChI is InChI=1S/C36H50N2O11/c1-19(2)17-22(37-31(41)48-33(4,5)6)30(40)44-20(3)29(39)45-24-13-14-36(43)25-18-21-11-12-23(46-32(42)49-34(7,8)9)27-26(21)35(36,28(24)47-27)15-16-38(25)10/h11-13,19-20,22,25,28,43H,14-18H2,1-10H3,(H,37,41)/t20-,22-,25+,28-,35-,36+/m0/s1. The topological polar surface area (TPSA) is 159 Å². The first-order valence-corrected chi connectivity index (χ1v) is 16.9. The minimum atomic E-state index is -1.34. The number of likely N-dealkylation sites (N-methyl/N-ethyl adjacent to an activating group) is 1. The van der Waals surface area contributed by atoms with Gasteiger partial charge in [-0.05, 0) is 105 Å². The molecule has 2 aliphatic carbocycles. The molecule has 0 saturated carbocycles. The van der Waals surface area contributed by atoms with Crippen LogP contribution in [0.15, 0.2) is 24.0 Å². The van der Waals surface area contributed by atoms with E-state index in [1.54, 1.807) is 53.7 Å². The lowest BCUT2D eigenvalue weighted by Crippen LogP contribution is -2.74. The summed E-state index contributed by atoms with van der Waals surface area (Å²) in [5.74, 6) is -1.05. The number of alkyl carbamates (subject to hydrolysis) is 1. The van der Waals surface area contributed by atoms with E-state index in [0.717, 1.165) is 11.1 Å². The van der Waals surface area contributed by atoms with Gasteiger partial charge in [0.15, 0.2) is 23.7 Å².